The Hall–Kier alpha value is -1.55. The highest BCUT2D eigenvalue weighted by molar-refractivity contribution is 5.71. The molecule has 1 heterocycles. The second kappa shape index (κ2) is 6.88. The number of carbonyl (C=O) groups is 1. The first-order valence-corrected chi connectivity index (χ1v) is 10.1. The van der Waals surface area contributed by atoms with Crippen molar-refractivity contribution in [3.8, 4) is 5.75 Å². The van der Waals surface area contributed by atoms with E-state index < -0.39 is 5.97 Å². The molecule has 1 aliphatic heterocycles. The number of hydrogen-bond donors (Lipinski definition) is 1. The van der Waals surface area contributed by atoms with Crippen LogP contribution in [0.1, 0.15) is 45.1 Å². The molecule has 3 saturated carbocycles. The second-order valence-electron chi connectivity index (χ2n) is 9.21. The SMILES string of the molecule is CC1(C)C2CCC(CCOc3ccc(CN4CC(C(=O)O)C4)cc3)C1C2. The zero-order valence-corrected chi connectivity index (χ0v) is 16.0. The van der Waals surface area contributed by atoms with Gasteiger partial charge in [0.25, 0.3) is 0 Å². The van der Waals surface area contributed by atoms with Crippen LogP contribution in [0, 0.1) is 29.1 Å². The molecule has 4 aliphatic rings. The Labute approximate surface area is 156 Å². The highest BCUT2D eigenvalue weighted by Crippen LogP contribution is 2.61. The van der Waals surface area contributed by atoms with E-state index in [9.17, 15) is 4.79 Å². The maximum absolute atomic E-state index is 10.9. The third kappa shape index (κ3) is 3.36. The standard InChI is InChI=1S/C22H31NO3/c1-22(2)18-6-5-16(20(22)11-18)9-10-26-19-7-3-15(4-8-19)12-23-13-17(14-23)21(24)25/h3-4,7-8,16-18,20H,5-6,9-14H2,1-2H3,(H,24,25). The van der Waals surface area contributed by atoms with E-state index in [0.717, 1.165) is 36.7 Å². The van der Waals surface area contributed by atoms with Crippen molar-refractivity contribution >= 4 is 5.97 Å². The summed E-state index contributed by atoms with van der Waals surface area (Å²) in [4.78, 5) is 13.0. The highest BCUT2D eigenvalue weighted by atomic mass is 16.5. The van der Waals surface area contributed by atoms with Crippen LogP contribution in [0.2, 0.25) is 0 Å². The van der Waals surface area contributed by atoms with Crippen molar-refractivity contribution in [2.24, 2.45) is 29.1 Å². The van der Waals surface area contributed by atoms with Gasteiger partial charge in [-0.2, -0.15) is 0 Å². The van der Waals surface area contributed by atoms with E-state index in [-0.39, 0.29) is 5.92 Å². The molecule has 1 saturated heterocycles. The van der Waals surface area contributed by atoms with Gasteiger partial charge in [-0.05, 0) is 66.5 Å². The van der Waals surface area contributed by atoms with Crippen LogP contribution in [0.25, 0.3) is 0 Å². The second-order valence-corrected chi connectivity index (χ2v) is 9.21. The fourth-order valence-corrected chi connectivity index (χ4v) is 5.44. The minimum absolute atomic E-state index is 0.187. The summed E-state index contributed by atoms with van der Waals surface area (Å²) >= 11 is 0. The van der Waals surface area contributed by atoms with Crippen LogP contribution in [0.4, 0.5) is 0 Å². The number of carboxylic acid groups (broad SMARTS) is 1. The van der Waals surface area contributed by atoms with Crippen molar-refractivity contribution in [3.05, 3.63) is 29.8 Å². The van der Waals surface area contributed by atoms with Gasteiger partial charge in [-0.1, -0.05) is 26.0 Å². The zero-order chi connectivity index (χ0) is 18.3. The van der Waals surface area contributed by atoms with Crippen LogP contribution in [0.3, 0.4) is 0 Å². The van der Waals surface area contributed by atoms with Gasteiger partial charge in [0.2, 0.25) is 0 Å². The number of nitrogens with zero attached hydrogens (tertiary/aromatic N) is 1. The third-order valence-electron chi connectivity index (χ3n) is 7.39. The van der Waals surface area contributed by atoms with E-state index in [1.165, 1.54) is 31.2 Å². The average molecular weight is 357 g/mol. The summed E-state index contributed by atoms with van der Waals surface area (Å²) in [7, 11) is 0. The number of carboxylic acids is 1. The smallest absolute Gasteiger partial charge is 0.309 e. The van der Waals surface area contributed by atoms with Crippen LogP contribution >= 0.6 is 0 Å². The Morgan fingerprint density at radius 1 is 1.23 bits per heavy atom. The average Bonchev–Trinajstić information content (AvgIpc) is 2.58. The van der Waals surface area contributed by atoms with Gasteiger partial charge < -0.3 is 9.84 Å². The van der Waals surface area contributed by atoms with Gasteiger partial charge in [0.1, 0.15) is 5.75 Å². The topological polar surface area (TPSA) is 49.8 Å². The molecule has 3 unspecified atom stereocenters. The van der Waals surface area contributed by atoms with Crippen molar-refractivity contribution in [2.45, 2.75) is 46.1 Å². The predicted molar refractivity (Wildman–Crippen MR) is 101 cm³/mol. The molecule has 1 aromatic rings. The Morgan fingerprint density at radius 3 is 2.58 bits per heavy atom. The molecule has 0 spiro atoms. The van der Waals surface area contributed by atoms with Gasteiger partial charge in [0.15, 0.2) is 0 Å². The van der Waals surface area contributed by atoms with E-state index in [0.29, 0.717) is 18.5 Å². The highest BCUT2D eigenvalue weighted by Gasteiger charge is 2.53. The lowest BCUT2D eigenvalue weighted by Gasteiger charge is -2.60. The van der Waals surface area contributed by atoms with Crippen molar-refractivity contribution in [2.75, 3.05) is 19.7 Å². The van der Waals surface area contributed by atoms with Crippen LogP contribution in [-0.2, 0) is 11.3 Å². The molecule has 1 N–H and O–H groups in total. The van der Waals surface area contributed by atoms with E-state index >= 15 is 0 Å². The first-order valence-electron chi connectivity index (χ1n) is 10.1. The van der Waals surface area contributed by atoms with Crippen LogP contribution in [-0.4, -0.2) is 35.7 Å². The molecule has 1 aromatic carbocycles. The summed E-state index contributed by atoms with van der Waals surface area (Å²) in [6.07, 6.45) is 5.40. The van der Waals surface area contributed by atoms with Crippen LogP contribution < -0.4 is 4.74 Å². The Kier molecular flexibility index (Phi) is 4.72. The lowest BCUT2D eigenvalue weighted by molar-refractivity contribution is -0.147. The zero-order valence-electron chi connectivity index (χ0n) is 16.0. The summed E-state index contributed by atoms with van der Waals surface area (Å²) in [5.74, 6) is 2.79. The first-order chi connectivity index (χ1) is 12.4. The number of aliphatic carboxylic acids is 1. The maximum Gasteiger partial charge on any atom is 0.309 e. The summed E-state index contributed by atoms with van der Waals surface area (Å²) in [6.45, 7) is 7.86. The van der Waals surface area contributed by atoms with Gasteiger partial charge >= 0.3 is 5.97 Å². The maximum atomic E-state index is 10.9. The van der Waals surface area contributed by atoms with Gasteiger partial charge in [-0.3, -0.25) is 9.69 Å². The molecule has 0 aromatic heterocycles. The Morgan fingerprint density at radius 2 is 1.96 bits per heavy atom. The Balaban J connectivity index is 1.20. The molecule has 3 aliphatic carbocycles. The minimum atomic E-state index is -0.677. The summed E-state index contributed by atoms with van der Waals surface area (Å²) < 4.78 is 6.00. The summed E-state index contributed by atoms with van der Waals surface area (Å²) in [5, 5.41) is 8.93. The normalized spacial score (nSPS) is 30.3. The summed E-state index contributed by atoms with van der Waals surface area (Å²) in [5.41, 5.74) is 1.77. The number of benzene rings is 1. The van der Waals surface area contributed by atoms with E-state index in [1.807, 2.05) is 12.1 Å². The molecule has 142 valence electrons. The molecular formula is C22H31NO3. The molecule has 2 bridgehead atoms. The van der Waals surface area contributed by atoms with Crippen molar-refractivity contribution in [1.82, 2.24) is 4.90 Å². The van der Waals surface area contributed by atoms with Crippen LogP contribution in [0.5, 0.6) is 5.75 Å². The fourth-order valence-electron chi connectivity index (χ4n) is 5.44. The van der Waals surface area contributed by atoms with Crippen molar-refractivity contribution in [3.63, 3.8) is 0 Å². The van der Waals surface area contributed by atoms with Crippen molar-refractivity contribution < 1.29 is 14.6 Å². The largest absolute Gasteiger partial charge is 0.494 e. The molecule has 0 radical (unpaired) electrons. The van der Waals surface area contributed by atoms with E-state index in [1.54, 1.807) is 0 Å². The number of likely N-dealkylation sites (tertiary alicyclic amines) is 1. The number of ether oxygens (including phenoxy) is 1. The van der Waals surface area contributed by atoms with Gasteiger partial charge in [0, 0.05) is 19.6 Å². The Bertz CT molecular complexity index is 646. The monoisotopic (exact) mass is 357 g/mol. The summed E-state index contributed by atoms with van der Waals surface area (Å²) in [6, 6.07) is 8.30. The molecule has 4 fully saturated rings. The lowest BCUT2D eigenvalue weighted by atomic mass is 9.45. The predicted octanol–water partition coefficient (Wildman–Crippen LogP) is 4.04. The number of fused-ring (bicyclic) bond motifs is 2. The van der Waals surface area contributed by atoms with E-state index in [2.05, 4.69) is 30.9 Å². The van der Waals surface area contributed by atoms with Gasteiger partial charge in [-0.25, -0.2) is 0 Å². The fraction of sp³-hybridized carbons (Fsp3) is 0.682. The van der Waals surface area contributed by atoms with Gasteiger partial charge in [0.05, 0.1) is 12.5 Å². The molecule has 4 heteroatoms. The molecule has 0 amide bonds. The van der Waals surface area contributed by atoms with Gasteiger partial charge in [-0.15, -0.1) is 0 Å². The quantitative estimate of drug-likeness (QED) is 0.800. The molecular weight excluding hydrogens is 326 g/mol. The lowest BCUT2D eigenvalue weighted by Crippen LogP contribution is -2.52. The number of rotatable bonds is 7. The van der Waals surface area contributed by atoms with Crippen molar-refractivity contribution in [1.29, 1.82) is 0 Å². The third-order valence-corrected chi connectivity index (χ3v) is 7.39. The molecule has 4 nitrogen and oxygen atoms in total. The first kappa shape index (κ1) is 17.8. The molecule has 26 heavy (non-hydrogen) atoms. The number of hydrogen-bond acceptors (Lipinski definition) is 3. The molecule has 3 atom stereocenters. The van der Waals surface area contributed by atoms with E-state index in [4.69, 9.17) is 9.84 Å². The van der Waals surface area contributed by atoms with Crippen LogP contribution in [0.15, 0.2) is 24.3 Å². The molecule has 5 rings (SSSR count). The minimum Gasteiger partial charge on any atom is -0.494 e.